The third-order valence-electron chi connectivity index (χ3n) is 1.58. The summed E-state index contributed by atoms with van der Waals surface area (Å²) in [6, 6.07) is 2.82. The largest absolute Gasteiger partial charge is 0.328 e. The molecular formula is C9H8N6O. The van der Waals surface area contributed by atoms with Crippen LogP contribution < -0.4 is 10.6 Å². The van der Waals surface area contributed by atoms with E-state index in [9.17, 15) is 4.79 Å². The summed E-state index contributed by atoms with van der Waals surface area (Å²) in [5.41, 5.74) is 0. The normalized spacial score (nSPS) is 9.50. The van der Waals surface area contributed by atoms with Gasteiger partial charge in [-0.05, 0) is 12.1 Å². The highest BCUT2D eigenvalue weighted by molar-refractivity contribution is 5.97. The molecule has 0 spiro atoms. The van der Waals surface area contributed by atoms with Crippen molar-refractivity contribution in [3.05, 3.63) is 36.9 Å². The first-order valence-electron chi connectivity index (χ1n) is 4.46. The minimum atomic E-state index is -0.489. The molecule has 0 aliphatic rings. The maximum absolute atomic E-state index is 11.4. The molecule has 2 aromatic heterocycles. The number of carbonyl (C=O) groups excluding carboxylic acids is 1. The number of rotatable bonds is 2. The van der Waals surface area contributed by atoms with E-state index in [2.05, 4.69) is 30.6 Å². The number of amides is 2. The van der Waals surface area contributed by atoms with Crippen molar-refractivity contribution in [2.24, 2.45) is 0 Å². The monoisotopic (exact) mass is 216 g/mol. The van der Waals surface area contributed by atoms with Gasteiger partial charge in [0.25, 0.3) is 0 Å². The number of hydrogen-bond acceptors (Lipinski definition) is 5. The van der Waals surface area contributed by atoms with Gasteiger partial charge in [0.05, 0.1) is 0 Å². The Hall–Kier alpha value is -2.57. The van der Waals surface area contributed by atoms with E-state index in [1.54, 1.807) is 12.1 Å². The predicted octanol–water partition coefficient (Wildman–Crippen LogP) is 0.911. The highest BCUT2D eigenvalue weighted by Gasteiger charge is 2.04. The van der Waals surface area contributed by atoms with E-state index in [-0.39, 0.29) is 11.9 Å². The summed E-state index contributed by atoms with van der Waals surface area (Å²) in [6.45, 7) is 0. The first-order valence-corrected chi connectivity index (χ1v) is 4.46. The lowest BCUT2D eigenvalue weighted by molar-refractivity contribution is 0.262. The summed E-state index contributed by atoms with van der Waals surface area (Å²) in [4.78, 5) is 26.7. The molecule has 80 valence electrons. The van der Waals surface area contributed by atoms with Crippen molar-refractivity contribution in [3.8, 4) is 0 Å². The van der Waals surface area contributed by atoms with E-state index in [1.807, 2.05) is 0 Å². The lowest BCUT2D eigenvalue weighted by Crippen LogP contribution is -2.21. The van der Waals surface area contributed by atoms with Gasteiger partial charge in [0.15, 0.2) is 0 Å². The maximum atomic E-state index is 11.4. The lowest BCUT2D eigenvalue weighted by atomic mass is 10.6. The van der Waals surface area contributed by atoms with Crippen LogP contribution in [-0.4, -0.2) is 26.0 Å². The van der Waals surface area contributed by atoms with Crippen LogP contribution in [0.25, 0.3) is 0 Å². The second kappa shape index (κ2) is 4.78. The number of aromatic nitrogens is 4. The molecule has 0 aromatic carbocycles. The van der Waals surface area contributed by atoms with Crippen LogP contribution in [0.1, 0.15) is 0 Å². The zero-order chi connectivity index (χ0) is 11.2. The van der Waals surface area contributed by atoms with Gasteiger partial charge < -0.3 is 0 Å². The van der Waals surface area contributed by atoms with E-state index in [1.165, 1.54) is 24.8 Å². The summed E-state index contributed by atoms with van der Waals surface area (Å²) >= 11 is 0. The van der Waals surface area contributed by atoms with E-state index in [4.69, 9.17) is 0 Å². The minimum Gasteiger partial charge on any atom is -0.276 e. The van der Waals surface area contributed by atoms with Crippen LogP contribution in [-0.2, 0) is 0 Å². The van der Waals surface area contributed by atoms with Crippen molar-refractivity contribution in [2.45, 2.75) is 0 Å². The summed E-state index contributed by atoms with van der Waals surface area (Å²) in [7, 11) is 0. The van der Waals surface area contributed by atoms with Crippen molar-refractivity contribution in [1.29, 1.82) is 0 Å². The molecule has 0 atom stereocenters. The van der Waals surface area contributed by atoms with Gasteiger partial charge in [-0.1, -0.05) is 0 Å². The topological polar surface area (TPSA) is 92.7 Å². The molecular weight excluding hydrogens is 208 g/mol. The molecule has 2 N–H and O–H groups in total. The van der Waals surface area contributed by atoms with Crippen LogP contribution in [0, 0.1) is 0 Å². The zero-order valence-electron chi connectivity index (χ0n) is 8.16. The Morgan fingerprint density at radius 3 is 1.56 bits per heavy atom. The van der Waals surface area contributed by atoms with Crippen LogP contribution in [0.5, 0.6) is 0 Å². The predicted molar refractivity (Wildman–Crippen MR) is 56.7 cm³/mol. The molecule has 0 aliphatic carbocycles. The van der Waals surface area contributed by atoms with E-state index in [0.717, 1.165) is 0 Å². The Kier molecular flexibility index (Phi) is 2.98. The number of urea groups is 1. The van der Waals surface area contributed by atoms with Gasteiger partial charge in [-0.2, -0.15) is 0 Å². The zero-order valence-corrected chi connectivity index (χ0v) is 8.16. The number of anilines is 2. The van der Waals surface area contributed by atoms with Crippen LogP contribution >= 0.6 is 0 Å². The molecule has 2 rings (SSSR count). The van der Waals surface area contributed by atoms with Gasteiger partial charge in [-0.3, -0.25) is 10.6 Å². The van der Waals surface area contributed by atoms with Crippen molar-refractivity contribution in [2.75, 3.05) is 10.6 Å². The van der Waals surface area contributed by atoms with E-state index in [0.29, 0.717) is 0 Å². The van der Waals surface area contributed by atoms with Crippen molar-refractivity contribution >= 4 is 17.9 Å². The van der Waals surface area contributed by atoms with Crippen LogP contribution in [0.2, 0.25) is 0 Å². The second-order valence-corrected chi connectivity index (χ2v) is 2.72. The molecule has 0 aliphatic heterocycles. The molecule has 2 aromatic rings. The summed E-state index contributed by atoms with van der Waals surface area (Å²) in [5, 5.41) is 4.88. The molecule has 16 heavy (non-hydrogen) atoms. The van der Waals surface area contributed by atoms with Gasteiger partial charge >= 0.3 is 6.03 Å². The summed E-state index contributed by atoms with van der Waals surface area (Å²) in [5.74, 6) is 0.437. The Morgan fingerprint density at radius 2 is 1.19 bits per heavy atom. The van der Waals surface area contributed by atoms with Crippen LogP contribution in [0.15, 0.2) is 36.9 Å². The summed E-state index contributed by atoms with van der Waals surface area (Å²) in [6.07, 6.45) is 6.12. The molecule has 0 saturated heterocycles. The van der Waals surface area contributed by atoms with Crippen molar-refractivity contribution in [3.63, 3.8) is 0 Å². The van der Waals surface area contributed by atoms with E-state index < -0.39 is 6.03 Å². The molecule has 0 radical (unpaired) electrons. The first kappa shape index (κ1) is 9.97. The van der Waals surface area contributed by atoms with Gasteiger partial charge in [-0.25, -0.2) is 24.7 Å². The Labute approximate surface area is 91.0 Å². The minimum absolute atomic E-state index is 0.218. The van der Waals surface area contributed by atoms with Gasteiger partial charge in [0.1, 0.15) is 0 Å². The Balaban J connectivity index is 1.95. The molecule has 2 amide bonds. The fourth-order valence-corrected chi connectivity index (χ4v) is 0.962. The third kappa shape index (κ3) is 2.71. The highest BCUT2D eigenvalue weighted by Crippen LogP contribution is 1.97. The quantitative estimate of drug-likeness (QED) is 0.778. The molecule has 7 nitrogen and oxygen atoms in total. The third-order valence-corrected chi connectivity index (χ3v) is 1.58. The Bertz CT molecular complexity index is 416. The van der Waals surface area contributed by atoms with Gasteiger partial charge in [0.2, 0.25) is 11.9 Å². The maximum Gasteiger partial charge on any atom is 0.328 e. The molecule has 7 heteroatoms. The molecule has 0 saturated carbocycles. The fraction of sp³-hybridized carbons (Fsp3) is 0. The van der Waals surface area contributed by atoms with E-state index >= 15 is 0 Å². The molecule has 0 bridgehead atoms. The highest BCUT2D eigenvalue weighted by atomic mass is 16.2. The second-order valence-electron chi connectivity index (χ2n) is 2.72. The summed E-state index contributed by atoms with van der Waals surface area (Å²) < 4.78 is 0. The lowest BCUT2D eigenvalue weighted by Gasteiger charge is -2.03. The van der Waals surface area contributed by atoms with Gasteiger partial charge in [0, 0.05) is 24.8 Å². The average Bonchev–Trinajstić information content (AvgIpc) is 2.31. The molecule has 2 heterocycles. The molecule has 0 fully saturated rings. The number of carbonyl (C=O) groups is 1. The van der Waals surface area contributed by atoms with Crippen molar-refractivity contribution in [1.82, 2.24) is 19.9 Å². The van der Waals surface area contributed by atoms with Crippen LogP contribution in [0.4, 0.5) is 16.7 Å². The molecule has 0 unspecified atom stereocenters. The van der Waals surface area contributed by atoms with Crippen molar-refractivity contribution < 1.29 is 4.79 Å². The Morgan fingerprint density at radius 1 is 0.812 bits per heavy atom. The fourth-order valence-electron chi connectivity index (χ4n) is 0.962. The standard InChI is InChI=1S/C9H8N6O/c16-9(14-7-10-3-1-4-11-7)15-8-12-5-2-6-13-8/h1-6H,(H2,10,11,12,13,14,15,16). The SMILES string of the molecule is O=C(Nc1ncccn1)Nc1ncccn1. The first-order chi connectivity index (χ1) is 7.84. The number of nitrogens with zero attached hydrogens (tertiary/aromatic N) is 4. The van der Waals surface area contributed by atoms with Crippen LogP contribution in [0.3, 0.4) is 0 Å². The smallest absolute Gasteiger partial charge is 0.276 e. The average molecular weight is 216 g/mol. The number of hydrogen-bond donors (Lipinski definition) is 2. The number of nitrogens with one attached hydrogen (secondary N) is 2. The van der Waals surface area contributed by atoms with Gasteiger partial charge in [-0.15, -0.1) is 0 Å².